The molecule has 2 heteroatoms. The first kappa shape index (κ1) is 14.5. The van der Waals surface area contributed by atoms with Gasteiger partial charge in [0.1, 0.15) is 0 Å². The molecule has 1 aromatic carbocycles. The van der Waals surface area contributed by atoms with Crippen molar-refractivity contribution in [1.82, 2.24) is 5.32 Å². The highest BCUT2D eigenvalue weighted by Crippen LogP contribution is 2.43. The first-order valence-corrected chi connectivity index (χ1v) is 7.41. The maximum atomic E-state index is 10.0. The van der Waals surface area contributed by atoms with Crippen LogP contribution < -0.4 is 5.32 Å². The minimum Gasteiger partial charge on any atom is -0.392 e. The van der Waals surface area contributed by atoms with Crippen molar-refractivity contribution in [2.45, 2.75) is 52.7 Å². The van der Waals surface area contributed by atoms with Crippen molar-refractivity contribution >= 4 is 0 Å². The molecule has 0 amide bonds. The number of hydrogen-bond acceptors (Lipinski definition) is 2. The zero-order valence-corrected chi connectivity index (χ0v) is 12.6. The molecule has 0 bridgehead atoms. The number of rotatable bonds is 4. The van der Waals surface area contributed by atoms with Crippen LogP contribution in [0.5, 0.6) is 0 Å². The number of hydrogen-bond donors (Lipinski definition) is 2. The molecule has 0 aromatic heterocycles. The van der Waals surface area contributed by atoms with Gasteiger partial charge in [-0.25, -0.2) is 0 Å². The number of aliphatic hydroxyl groups is 1. The molecule has 2 rings (SSSR count). The molecule has 0 saturated carbocycles. The lowest BCUT2D eigenvalue weighted by Crippen LogP contribution is -2.42. The second kappa shape index (κ2) is 5.64. The van der Waals surface area contributed by atoms with E-state index in [1.54, 1.807) is 0 Å². The van der Waals surface area contributed by atoms with Gasteiger partial charge in [-0.1, -0.05) is 52.0 Å². The zero-order valence-electron chi connectivity index (χ0n) is 12.6. The normalized spacial score (nSPS) is 23.2. The summed E-state index contributed by atoms with van der Waals surface area (Å²) in [6.45, 7) is 9.43. The molecular weight excluding hydrogens is 234 g/mol. The summed E-state index contributed by atoms with van der Waals surface area (Å²) in [5, 5.41) is 13.6. The van der Waals surface area contributed by atoms with E-state index in [0.29, 0.717) is 18.5 Å². The second-order valence-electron chi connectivity index (χ2n) is 6.84. The monoisotopic (exact) mass is 261 g/mol. The molecule has 0 radical (unpaired) electrons. The Balaban J connectivity index is 2.16. The predicted octanol–water partition coefficient (Wildman–Crippen LogP) is 3.31. The van der Waals surface area contributed by atoms with Gasteiger partial charge in [0, 0.05) is 12.6 Å². The lowest BCUT2D eigenvalue weighted by atomic mass is 9.70. The van der Waals surface area contributed by atoms with Crippen LogP contribution in [0.2, 0.25) is 0 Å². The third-order valence-electron chi connectivity index (χ3n) is 4.49. The summed E-state index contributed by atoms with van der Waals surface area (Å²) >= 11 is 0. The smallest absolute Gasteiger partial charge is 0.0687 e. The average molecular weight is 261 g/mol. The van der Waals surface area contributed by atoms with Crippen LogP contribution in [0.15, 0.2) is 24.3 Å². The Bertz CT molecular complexity index is 425. The van der Waals surface area contributed by atoms with E-state index in [9.17, 15) is 5.11 Å². The molecule has 0 spiro atoms. The van der Waals surface area contributed by atoms with Gasteiger partial charge in [0.15, 0.2) is 0 Å². The van der Waals surface area contributed by atoms with Gasteiger partial charge >= 0.3 is 0 Å². The molecule has 1 aliphatic rings. The molecule has 19 heavy (non-hydrogen) atoms. The number of fused-ring (bicyclic) bond motifs is 1. The first-order chi connectivity index (χ1) is 8.92. The number of aliphatic hydroxyl groups excluding tert-OH is 1. The molecule has 2 nitrogen and oxygen atoms in total. The van der Waals surface area contributed by atoms with Crippen LogP contribution in [0.4, 0.5) is 0 Å². The Morgan fingerprint density at radius 2 is 2.00 bits per heavy atom. The molecule has 1 aliphatic carbocycles. The summed E-state index contributed by atoms with van der Waals surface area (Å²) in [6, 6.07) is 9.05. The van der Waals surface area contributed by atoms with Gasteiger partial charge in [0.05, 0.1) is 6.10 Å². The van der Waals surface area contributed by atoms with Gasteiger partial charge in [0.25, 0.3) is 0 Å². The van der Waals surface area contributed by atoms with Crippen molar-refractivity contribution in [2.24, 2.45) is 11.3 Å². The van der Waals surface area contributed by atoms with Crippen LogP contribution in [-0.2, 0) is 6.42 Å². The van der Waals surface area contributed by atoms with E-state index < -0.39 is 0 Å². The van der Waals surface area contributed by atoms with Crippen molar-refractivity contribution in [3.8, 4) is 0 Å². The van der Waals surface area contributed by atoms with Gasteiger partial charge in [0.2, 0.25) is 0 Å². The van der Waals surface area contributed by atoms with Crippen LogP contribution in [0.25, 0.3) is 0 Å². The Labute approximate surface area is 117 Å². The minimum atomic E-state index is -0.273. The molecule has 2 N–H and O–H groups in total. The Hall–Kier alpha value is -0.860. The molecule has 0 fully saturated rings. The van der Waals surface area contributed by atoms with E-state index in [0.717, 1.165) is 6.42 Å². The SMILES string of the molecule is CC(C)C(O)CNC1c2ccccc2CCC1(C)C. The van der Waals surface area contributed by atoms with E-state index >= 15 is 0 Å². The maximum Gasteiger partial charge on any atom is 0.0687 e. The van der Waals surface area contributed by atoms with E-state index in [1.807, 2.05) is 0 Å². The highest BCUT2D eigenvalue weighted by Gasteiger charge is 2.35. The van der Waals surface area contributed by atoms with Crippen molar-refractivity contribution < 1.29 is 5.11 Å². The standard InChI is InChI=1S/C17H27NO/c1-12(2)15(19)11-18-16-14-8-6-5-7-13(14)9-10-17(16,3)4/h5-8,12,15-16,18-19H,9-11H2,1-4H3. The lowest BCUT2D eigenvalue weighted by molar-refractivity contribution is 0.105. The molecular formula is C17H27NO. The van der Waals surface area contributed by atoms with Gasteiger partial charge in [-0.05, 0) is 35.3 Å². The Morgan fingerprint density at radius 1 is 1.32 bits per heavy atom. The third-order valence-corrected chi connectivity index (χ3v) is 4.49. The fourth-order valence-corrected chi connectivity index (χ4v) is 2.93. The highest BCUT2D eigenvalue weighted by atomic mass is 16.3. The van der Waals surface area contributed by atoms with Gasteiger partial charge in [-0.15, -0.1) is 0 Å². The largest absolute Gasteiger partial charge is 0.392 e. The number of aryl methyl sites for hydroxylation is 1. The van der Waals surface area contributed by atoms with Crippen molar-refractivity contribution in [2.75, 3.05) is 6.54 Å². The zero-order chi connectivity index (χ0) is 14.0. The third kappa shape index (κ3) is 3.18. The Kier molecular flexibility index (Phi) is 4.32. The van der Waals surface area contributed by atoms with Crippen LogP contribution in [0.3, 0.4) is 0 Å². The van der Waals surface area contributed by atoms with E-state index in [-0.39, 0.29) is 11.5 Å². The van der Waals surface area contributed by atoms with Crippen LogP contribution in [-0.4, -0.2) is 17.8 Å². The summed E-state index contributed by atoms with van der Waals surface area (Å²) in [4.78, 5) is 0. The van der Waals surface area contributed by atoms with E-state index in [1.165, 1.54) is 17.5 Å². The topological polar surface area (TPSA) is 32.3 Å². The highest BCUT2D eigenvalue weighted by molar-refractivity contribution is 5.34. The van der Waals surface area contributed by atoms with E-state index in [2.05, 4.69) is 57.3 Å². The molecule has 0 aliphatic heterocycles. The summed E-state index contributed by atoms with van der Waals surface area (Å²) in [5.74, 6) is 0.300. The van der Waals surface area contributed by atoms with Crippen molar-refractivity contribution in [3.05, 3.63) is 35.4 Å². The molecule has 1 aromatic rings. The fourth-order valence-electron chi connectivity index (χ4n) is 2.93. The number of benzene rings is 1. The molecule has 2 atom stereocenters. The van der Waals surface area contributed by atoms with Crippen LogP contribution >= 0.6 is 0 Å². The van der Waals surface area contributed by atoms with Gasteiger partial charge < -0.3 is 10.4 Å². The average Bonchev–Trinajstić information content (AvgIpc) is 2.36. The lowest BCUT2D eigenvalue weighted by Gasteiger charge is -2.41. The van der Waals surface area contributed by atoms with Gasteiger partial charge in [-0.3, -0.25) is 0 Å². The maximum absolute atomic E-state index is 10.0. The van der Waals surface area contributed by atoms with E-state index in [4.69, 9.17) is 0 Å². The molecule has 0 heterocycles. The summed E-state index contributed by atoms with van der Waals surface area (Å²) in [5.41, 5.74) is 3.11. The first-order valence-electron chi connectivity index (χ1n) is 7.41. The number of nitrogens with one attached hydrogen (secondary N) is 1. The second-order valence-corrected chi connectivity index (χ2v) is 6.84. The predicted molar refractivity (Wildman–Crippen MR) is 80.1 cm³/mol. The van der Waals surface area contributed by atoms with Crippen molar-refractivity contribution in [3.63, 3.8) is 0 Å². The molecule has 0 saturated heterocycles. The molecule has 2 unspecified atom stereocenters. The quantitative estimate of drug-likeness (QED) is 0.871. The summed E-state index contributed by atoms with van der Waals surface area (Å²) < 4.78 is 0. The van der Waals surface area contributed by atoms with Gasteiger partial charge in [-0.2, -0.15) is 0 Å². The minimum absolute atomic E-state index is 0.241. The Morgan fingerprint density at radius 3 is 2.68 bits per heavy atom. The molecule has 106 valence electrons. The van der Waals surface area contributed by atoms with Crippen LogP contribution in [0, 0.1) is 11.3 Å². The summed E-state index contributed by atoms with van der Waals surface area (Å²) in [6.07, 6.45) is 2.08. The van der Waals surface area contributed by atoms with Crippen molar-refractivity contribution in [1.29, 1.82) is 0 Å². The van der Waals surface area contributed by atoms with Crippen LogP contribution in [0.1, 0.15) is 51.3 Å². The fraction of sp³-hybridized carbons (Fsp3) is 0.647. The summed E-state index contributed by atoms with van der Waals surface area (Å²) in [7, 11) is 0.